The summed E-state index contributed by atoms with van der Waals surface area (Å²) in [6.07, 6.45) is 0.648. The lowest BCUT2D eigenvalue weighted by Gasteiger charge is -2.15. The third kappa shape index (κ3) is 5.68. The van der Waals surface area contributed by atoms with Gasteiger partial charge in [-0.25, -0.2) is 4.39 Å². The predicted octanol–water partition coefficient (Wildman–Crippen LogP) is 5.59. The van der Waals surface area contributed by atoms with Crippen LogP contribution in [-0.2, 0) is 4.79 Å². The van der Waals surface area contributed by atoms with Crippen LogP contribution in [0.25, 0.3) is 0 Å². The van der Waals surface area contributed by atoms with Crippen LogP contribution in [0.15, 0.2) is 83.8 Å². The molecule has 0 spiro atoms. The summed E-state index contributed by atoms with van der Waals surface area (Å²) >= 11 is 1.42. The van der Waals surface area contributed by atoms with Gasteiger partial charge in [0.25, 0.3) is 5.91 Å². The summed E-state index contributed by atoms with van der Waals surface area (Å²) in [5.74, 6) is -1.16. The molecule has 0 aromatic heterocycles. The molecule has 1 atom stereocenters. The van der Waals surface area contributed by atoms with Gasteiger partial charge in [-0.05, 0) is 48.9 Å². The maximum atomic E-state index is 13.8. The molecule has 3 aromatic rings. The van der Waals surface area contributed by atoms with Gasteiger partial charge in [0.15, 0.2) is 0 Å². The summed E-state index contributed by atoms with van der Waals surface area (Å²) < 4.78 is 13.8. The average Bonchev–Trinajstić information content (AvgIpc) is 2.73. The minimum absolute atomic E-state index is 0.0146. The number of carbonyl (C=O) groups is 2. The number of thioether (sulfide) groups is 1. The van der Waals surface area contributed by atoms with Gasteiger partial charge in [-0.15, -0.1) is 11.8 Å². The van der Waals surface area contributed by atoms with Crippen LogP contribution in [0.2, 0.25) is 0 Å². The van der Waals surface area contributed by atoms with E-state index >= 15 is 0 Å². The summed E-state index contributed by atoms with van der Waals surface area (Å²) in [5.41, 5.74) is 1.28. The highest BCUT2D eigenvalue weighted by molar-refractivity contribution is 8.00. The number of hydrogen-bond acceptors (Lipinski definition) is 3. The highest BCUT2D eigenvalue weighted by atomic mass is 32.2. The van der Waals surface area contributed by atoms with Crippen molar-refractivity contribution in [3.63, 3.8) is 0 Å². The minimum Gasteiger partial charge on any atom is -0.325 e. The topological polar surface area (TPSA) is 58.2 Å². The number of carbonyl (C=O) groups excluding carboxylic acids is 2. The first-order chi connectivity index (χ1) is 14.1. The second-order valence-electron chi connectivity index (χ2n) is 6.33. The van der Waals surface area contributed by atoms with Crippen LogP contribution in [0.3, 0.4) is 0 Å². The number of para-hydroxylation sites is 1. The van der Waals surface area contributed by atoms with E-state index in [0.717, 1.165) is 10.6 Å². The molecule has 3 aromatic carbocycles. The average molecular weight is 408 g/mol. The molecule has 6 heteroatoms. The van der Waals surface area contributed by atoms with Gasteiger partial charge in [0.1, 0.15) is 5.82 Å². The van der Waals surface area contributed by atoms with Crippen LogP contribution in [0.4, 0.5) is 15.8 Å². The SMILES string of the molecule is CCC(Sc1cccc(NC(=O)c2ccccc2F)c1)C(=O)Nc1ccccc1. The van der Waals surface area contributed by atoms with Gasteiger partial charge in [-0.2, -0.15) is 0 Å². The molecule has 0 aliphatic carbocycles. The van der Waals surface area contributed by atoms with Crippen molar-refractivity contribution < 1.29 is 14.0 Å². The molecule has 0 fully saturated rings. The van der Waals surface area contributed by atoms with E-state index in [1.807, 2.05) is 43.3 Å². The summed E-state index contributed by atoms with van der Waals surface area (Å²) in [6.45, 7) is 1.95. The lowest BCUT2D eigenvalue weighted by molar-refractivity contribution is -0.115. The number of hydrogen-bond donors (Lipinski definition) is 2. The van der Waals surface area contributed by atoms with Gasteiger partial charge in [0, 0.05) is 16.3 Å². The Morgan fingerprint density at radius 1 is 0.897 bits per heavy atom. The van der Waals surface area contributed by atoms with Crippen LogP contribution >= 0.6 is 11.8 Å². The molecule has 1 unspecified atom stereocenters. The molecule has 0 radical (unpaired) electrons. The number of nitrogens with one attached hydrogen (secondary N) is 2. The Balaban J connectivity index is 1.67. The molecule has 0 aliphatic rings. The molecule has 4 nitrogen and oxygen atoms in total. The molecular formula is C23H21FN2O2S. The van der Waals surface area contributed by atoms with Crippen molar-refractivity contribution in [1.29, 1.82) is 0 Å². The van der Waals surface area contributed by atoms with Crippen LogP contribution in [0, 0.1) is 5.82 Å². The van der Waals surface area contributed by atoms with Crippen molar-refractivity contribution in [1.82, 2.24) is 0 Å². The normalized spacial score (nSPS) is 11.5. The van der Waals surface area contributed by atoms with Crippen LogP contribution in [-0.4, -0.2) is 17.1 Å². The second-order valence-corrected chi connectivity index (χ2v) is 7.61. The van der Waals surface area contributed by atoms with Crippen molar-refractivity contribution in [3.05, 3.63) is 90.2 Å². The Hall–Kier alpha value is -3.12. The Kier molecular flexibility index (Phi) is 7.03. The lowest BCUT2D eigenvalue weighted by atomic mass is 10.2. The number of anilines is 2. The van der Waals surface area contributed by atoms with Crippen molar-refractivity contribution in [3.8, 4) is 0 Å². The largest absolute Gasteiger partial charge is 0.325 e. The zero-order valence-electron chi connectivity index (χ0n) is 15.9. The molecule has 0 aliphatic heterocycles. The smallest absolute Gasteiger partial charge is 0.258 e. The predicted molar refractivity (Wildman–Crippen MR) is 116 cm³/mol. The molecule has 148 valence electrons. The summed E-state index contributed by atoms with van der Waals surface area (Å²) in [5, 5.41) is 5.34. The van der Waals surface area contributed by atoms with Gasteiger partial charge in [-0.1, -0.05) is 43.3 Å². The number of benzene rings is 3. The fraction of sp³-hybridized carbons (Fsp3) is 0.130. The van der Waals surface area contributed by atoms with Crippen molar-refractivity contribution in [2.75, 3.05) is 10.6 Å². The lowest BCUT2D eigenvalue weighted by Crippen LogP contribution is -2.24. The van der Waals surface area contributed by atoms with Crippen LogP contribution in [0.5, 0.6) is 0 Å². The van der Waals surface area contributed by atoms with E-state index in [-0.39, 0.29) is 16.7 Å². The second kappa shape index (κ2) is 9.89. The molecule has 2 N–H and O–H groups in total. The number of amides is 2. The van der Waals surface area contributed by atoms with Crippen LogP contribution < -0.4 is 10.6 Å². The van der Waals surface area contributed by atoms with Gasteiger partial charge in [0.05, 0.1) is 10.8 Å². The van der Waals surface area contributed by atoms with Gasteiger partial charge in [0.2, 0.25) is 5.91 Å². The van der Waals surface area contributed by atoms with Crippen LogP contribution in [0.1, 0.15) is 23.7 Å². The number of halogens is 1. The van der Waals surface area contributed by atoms with E-state index in [2.05, 4.69) is 10.6 Å². The molecule has 0 bridgehead atoms. The molecule has 0 saturated heterocycles. The van der Waals surface area contributed by atoms with Crippen molar-refractivity contribution in [2.24, 2.45) is 0 Å². The summed E-state index contributed by atoms with van der Waals surface area (Å²) in [6, 6.07) is 22.3. The summed E-state index contributed by atoms with van der Waals surface area (Å²) in [4.78, 5) is 25.7. The highest BCUT2D eigenvalue weighted by Crippen LogP contribution is 2.28. The first kappa shape index (κ1) is 20.6. The quantitative estimate of drug-likeness (QED) is 0.501. The van der Waals surface area contributed by atoms with Gasteiger partial charge in [-0.3, -0.25) is 9.59 Å². The Morgan fingerprint density at radius 2 is 1.59 bits per heavy atom. The molecule has 3 rings (SSSR count). The van der Waals surface area contributed by atoms with E-state index in [1.54, 1.807) is 24.3 Å². The van der Waals surface area contributed by atoms with E-state index < -0.39 is 11.7 Å². The first-order valence-corrected chi connectivity index (χ1v) is 10.1. The maximum absolute atomic E-state index is 13.8. The van der Waals surface area contributed by atoms with Gasteiger partial charge < -0.3 is 10.6 Å². The molecule has 2 amide bonds. The molecule has 29 heavy (non-hydrogen) atoms. The zero-order chi connectivity index (χ0) is 20.6. The Labute approximate surface area is 173 Å². The molecule has 0 heterocycles. The van der Waals surface area contributed by atoms with Crippen molar-refractivity contribution >= 4 is 35.0 Å². The van der Waals surface area contributed by atoms with E-state index in [4.69, 9.17) is 0 Å². The van der Waals surface area contributed by atoms with E-state index in [1.165, 1.54) is 30.0 Å². The Morgan fingerprint density at radius 3 is 2.31 bits per heavy atom. The third-order valence-corrected chi connectivity index (χ3v) is 5.55. The minimum atomic E-state index is -0.570. The summed E-state index contributed by atoms with van der Waals surface area (Å²) in [7, 11) is 0. The fourth-order valence-electron chi connectivity index (χ4n) is 2.72. The number of rotatable bonds is 7. The standard InChI is InChI=1S/C23H21FN2O2S/c1-2-21(23(28)25-16-9-4-3-5-10-16)29-18-12-8-11-17(15-18)26-22(27)19-13-6-7-14-20(19)24/h3-15,21H,2H2,1H3,(H,25,28)(H,26,27). The molecular weight excluding hydrogens is 387 g/mol. The van der Waals surface area contributed by atoms with E-state index in [9.17, 15) is 14.0 Å². The third-order valence-electron chi connectivity index (χ3n) is 4.19. The zero-order valence-corrected chi connectivity index (χ0v) is 16.7. The van der Waals surface area contributed by atoms with Crippen molar-refractivity contribution in [2.45, 2.75) is 23.5 Å². The first-order valence-electron chi connectivity index (χ1n) is 9.25. The maximum Gasteiger partial charge on any atom is 0.258 e. The van der Waals surface area contributed by atoms with E-state index in [0.29, 0.717) is 12.1 Å². The highest BCUT2D eigenvalue weighted by Gasteiger charge is 2.18. The Bertz CT molecular complexity index is 995. The van der Waals surface area contributed by atoms with Gasteiger partial charge >= 0.3 is 0 Å². The fourth-order valence-corrected chi connectivity index (χ4v) is 3.74. The monoisotopic (exact) mass is 408 g/mol. The molecule has 0 saturated carbocycles.